The topological polar surface area (TPSA) is 71.4 Å². The molecule has 180 valence electrons. The van der Waals surface area contributed by atoms with Crippen LogP contribution in [0.15, 0.2) is 40.3 Å². The Morgan fingerprint density at radius 1 is 1.32 bits per heavy atom. The van der Waals surface area contributed by atoms with Gasteiger partial charge in [-0.1, -0.05) is 23.4 Å². The van der Waals surface area contributed by atoms with Gasteiger partial charge in [-0.25, -0.2) is 9.89 Å². The number of ether oxygens (including phenoxy) is 2. The fourth-order valence-electron chi connectivity index (χ4n) is 3.90. The molecule has 2 aromatic rings. The van der Waals surface area contributed by atoms with Crippen LogP contribution in [-0.2, 0) is 14.3 Å². The number of rotatable bonds is 5. The van der Waals surface area contributed by atoms with Crippen LogP contribution in [0.25, 0.3) is 6.08 Å². The van der Waals surface area contributed by atoms with E-state index < -0.39 is 0 Å². The van der Waals surface area contributed by atoms with Gasteiger partial charge in [0.15, 0.2) is 5.17 Å². The quantitative estimate of drug-likeness (QED) is 0.529. The minimum atomic E-state index is -0.295. The molecule has 2 aliphatic heterocycles. The number of hydrogen-bond donors (Lipinski definition) is 0. The molecule has 4 rings (SSSR count). The molecule has 1 saturated heterocycles. The maximum Gasteiger partial charge on any atom is 0.283 e. The summed E-state index contributed by atoms with van der Waals surface area (Å²) in [5.41, 5.74) is 1.86. The zero-order chi connectivity index (χ0) is 24.4. The van der Waals surface area contributed by atoms with Crippen LogP contribution >= 0.6 is 34.7 Å². The molecule has 0 saturated carbocycles. The van der Waals surface area contributed by atoms with Gasteiger partial charge in [0.1, 0.15) is 11.4 Å². The third-order valence-electron chi connectivity index (χ3n) is 5.48. The number of amides is 2. The predicted molar refractivity (Wildman–Crippen MR) is 139 cm³/mol. The number of halogens is 1. The van der Waals surface area contributed by atoms with Gasteiger partial charge in [-0.2, -0.15) is 0 Å². The number of aliphatic imine (C=N–C) groups is 1. The fraction of sp³-hybridized carbons (Fsp3) is 0.375. The van der Waals surface area contributed by atoms with E-state index in [-0.39, 0.29) is 29.8 Å². The van der Waals surface area contributed by atoms with Crippen molar-refractivity contribution in [3.8, 4) is 5.75 Å². The molecular weight excluding hydrogens is 494 g/mol. The molecule has 10 heteroatoms. The Bertz CT molecular complexity index is 1150. The van der Waals surface area contributed by atoms with Crippen LogP contribution in [0, 0.1) is 6.92 Å². The number of anilines is 1. The molecule has 2 amide bonds. The number of carbonyl (C=O) groups excluding carboxylic acids is 2. The lowest BCUT2D eigenvalue weighted by atomic mass is 10.2. The number of nitrogens with zero attached hydrogens (tertiary/aromatic N) is 3. The van der Waals surface area contributed by atoms with Gasteiger partial charge in [0.05, 0.1) is 30.8 Å². The van der Waals surface area contributed by atoms with E-state index in [1.807, 2.05) is 32.2 Å². The molecule has 0 aliphatic carbocycles. The van der Waals surface area contributed by atoms with Crippen molar-refractivity contribution in [3.63, 3.8) is 0 Å². The summed E-state index contributed by atoms with van der Waals surface area (Å²) in [4.78, 5) is 35.3. The summed E-state index contributed by atoms with van der Waals surface area (Å²) in [6.45, 7) is 7.00. The van der Waals surface area contributed by atoms with Crippen molar-refractivity contribution in [3.05, 3.63) is 50.8 Å². The maximum atomic E-state index is 13.5. The zero-order valence-electron chi connectivity index (χ0n) is 19.4. The first-order valence-electron chi connectivity index (χ1n) is 10.8. The lowest BCUT2D eigenvalue weighted by molar-refractivity contribution is -0.140. The Morgan fingerprint density at radius 3 is 2.71 bits per heavy atom. The predicted octanol–water partition coefficient (Wildman–Crippen LogP) is 4.83. The lowest BCUT2D eigenvalue weighted by Crippen LogP contribution is -2.49. The fourth-order valence-corrected chi connectivity index (χ4v) is 5.83. The summed E-state index contributed by atoms with van der Waals surface area (Å²) >= 11 is 9.02. The van der Waals surface area contributed by atoms with E-state index in [0.717, 1.165) is 10.4 Å². The Balaban J connectivity index is 1.63. The van der Waals surface area contributed by atoms with Crippen LogP contribution in [0.5, 0.6) is 5.75 Å². The first kappa shape index (κ1) is 24.8. The average molecular weight is 520 g/mol. The second-order valence-electron chi connectivity index (χ2n) is 8.19. The van der Waals surface area contributed by atoms with Crippen LogP contribution in [0.4, 0.5) is 5.69 Å². The van der Waals surface area contributed by atoms with Gasteiger partial charge in [-0.3, -0.25) is 9.59 Å². The number of morpholine rings is 1. The number of thiophene rings is 1. The number of amidine groups is 1. The van der Waals surface area contributed by atoms with Crippen molar-refractivity contribution in [2.24, 2.45) is 4.99 Å². The van der Waals surface area contributed by atoms with Crippen molar-refractivity contribution in [1.82, 2.24) is 4.90 Å². The van der Waals surface area contributed by atoms with Crippen molar-refractivity contribution in [1.29, 1.82) is 0 Å². The van der Waals surface area contributed by atoms with Gasteiger partial charge in [-0.05, 0) is 62.1 Å². The summed E-state index contributed by atoms with van der Waals surface area (Å²) in [6, 6.07) is 7.07. The SMILES string of the molecule is COc1ccc(Cl)cc1N1C(=O)C(=Cc2sccc2C)N=C1SCC(=O)N1CC(C)OC(C)C1. The van der Waals surface area contributed by atoms with Gasteiger partial charge in [0.25, 0.3) is 5.91 Å². The van der Waals surface area contributed by atoms with Gasteiger partial charge >= 0.3 is 0 Å². The Hall–Kier alpha value is -2.33. The molecule has 7 nitrogen and oxygen atoms in total. The third kappa shape index (κ3) is 5.33. The number of benzene rings is 1. The second-order valence-corrected chi connectivity index (χ2v) is 10.5. The molecule has 0 bridgehead atoms. The van der Waals surface area contributed by atoms with Crippen molar-refractivity contribution >= 4 is 63.4 Å². The number of carbonyl (C=O) groups is 2. The van der Waals surface area contributed by atoms with Gasteiger partial charge in [0, 0.05) is 23.0 Å². The lowest BCUT2D eigenvalue weighted by Gasteiger charge is -2.35. The monoisotopic (exact) mass is 519 g/mol. The number of aryl methyl sites for hydroxylation is 1. The summed E-state index contributed by atoms with van der Waals surface area (Å²) in [5.74, 6) is 0.321. The molecule has 1 aromatic heterocycles. The maximum absolute atomic E-state index is 13.5. The Morgan fingerprint density at radius 2 is 2.06 bits per heavy atom. The van der Waals surface area contributed by atoms with Crippen LogP contribution in [0.1, 0.15) is 24.3 Å². The van der Waals surface area contributed by atoms with Gasteiger partial charge in [0.2, 0.25) is 5.91 Å². The Kier molecular flexibility index (Phi) is 7.67. The Labute approximate surface area is 212 Å². The molecule has 3 heterocycles. The van der Waals surface area contributed by atoms with E-state index in [9.17, 15) is 9.59 Å². The molecule has 34 heavy (non-hydrogen) atoms. The van der Waals surface area contributed by atoms with E-state index in [1.165, 1.54) is 23.8 Å². The van der Waals surface area contributed by atoms with E-state index in [1.54, 1.807) is 40.5 Å². The van der Waals surface area contributed by atoms with Crippen LogP contribution in [0.3, 0.4) is 0 Å². The van der Waals surface area contributed by atoms with Crippen molar-refractivity contribution in [2.75, 3.05) is 30.9 Å². The standard InChI is InChI=1S/C24H26ClN3O4S2/c1-14-7-8-33-21(14)10-18-23(30)28(19-9-17(25)5-6-20(19)31-4)24(26-18)34-13-22(29)27-11-15(2)32-16(3)12-27/h5-10,15-16H,11-13H2,1-4H3. The second kappa shape index (κ2) is 10.5. The first-order valence-corrected chi connectivity index (χ1v) is 13.1. The smallest absolute Gasteiger partial charge is 0.283 e. The van der Waals surface area contributed by atoms with E-state index in [2.05, 4.69) is 4.99 Å². The highest BCUT2D eigenvalue weighted by molar-refractivity contribution is 8.14. The summed E-state index contributed by atoms with van der Waals surface area (Å²) in [6.07, 6.45) is 1.75. The van der Waals surface area contributed by atoms with Gasteiger partial charge in [-0.15, -0.1) is 11.3 Å². The minimum Gasteiger partial charge on any atom is -0.495 e. The number of hydrogen-bond acceptors (Lipinski definition) is 7. The molecule has 1 fully saturated rings. The van der Waals surface area contributed by atoms with Crippen LogP contribution < -0.4 is 9.64 Å². The van der Waals surface area contributed by atoms with E-state index in [4.69, 9.17) is 21.1 Å². The largest absolute Gasteiger partial charge is 0.495 e. The number of thioether (sulfide) groups is 1. The summed E-state index contributed by atoms with van der Waals surface area (Å²) < 4.78 is 11.2. The zero-order valence-corrected chi connectivity index (χ0v) is 21.8. The van der Waals surface area contributed by atoms with E-state index >= 15 is 0 Å². The molecule has 1 aromatic carbocycles. The highest BCUT2D eigenvalue weighted by Gasteiger charge is 2.35. The third-order valence-corrected chi connectivity index (χ3v) is 7.60. The summed E-state index contributed by atoms with van der Waals surface area (Å²) in [5, 5.41) is 2.85. The first-order chi connectivity index (χ1) is 16.3. The average Bonchev–Trinajstić information content (AvgIpc) is 3.33. The van der Waals surface area contributed by atoms with Crippen LogP contribution in [-0.4, -0.2) is 60.0 Å². The van der Waals surface area contributed by atoms with Crippen molar-refractivity contribution in [2.45, 2.75) is 33.0 Å². The highest BCUT2D eigenvalue weighted by Crippen LogP contribution is 2.37. The van der Waals surface area contributed by atoms with Crippen LogP contribution in [0.2, 0.25) is 5.02 Å². The molecule has 2 atom stereocenters. The molecule has 0 N–H and O–H groups in total. The van der Waals surface area contributed by atoms with Crippen molar-refractivity contribution < 1.29 is 19.1 Å². The van der Waals surface area contributed by atoms with Gasteiger partial charge < -0.3 is 14.4 Å². The normalized spacial score (nSPS) is 21.9. The molecular formula is C24H26ClN3O4S2. The minimum absolute atomic E-state index is 0.0149. The molecule has 2 aliphatic rings. The van der Waals surface area contributed by atoms with E-state index in [0.29, 0.717) is 40.4 Å². The molecule has 0 radical (unpaired) electrons. The highest BCUT2D eigenvalue weighted by atomic mass is 35.5. The number of methoxy groups -OCH3 is 1. The molecule has 0 spiro atoms. The molecule has 2 unspecified atom stereocenters. The summed E-state index contributed by atoms with van der Waals surface area (Å²) in [7, 11) is 1.54.